The summed E-state index contributed by atoms with van der Waals surface area (Å²) in [5.74, 6) is 0.0116. The smallest absolute Gasteiger partial charge is 0.337 e. The molecule has 1 aromatic carbocycles. The molecule has 82 valence electrons. The molecule has 0 saturated heterocycles. The van der Waals surface area contributed by atoms with Gasteiger partial charge in [0.15, 0.2) is 5.88 Å². The molecule has 1 heterocycles. The van der Waals surface area contributed by atoms with Crippen LogP contribution in [0.5, 0.6) is 0 Å². The second kappa shape index (κ2) is 4.10. The van der Waals surface area contributed by atoms with E-state index >= 15 is 0 Å². The van der Waals surface area contributed by atoms with E-state index in [1.807, 2.05) is 0 Å². The Bertz CT molecular complexity index is 499. The van der Waals surface area contributed by atoms with Crippen LogP contribution in [0.25, 0.3) is 11.1 Å². The van der Waals surface area contributed by atoms with Gasteiger partial charge in [0.2, 0.25) is 0 Å². The monoisotopic (exact) mass is 217 g/mol. The standard InChI is InChI=1S/C12H11NO3/c1-15-12(14)9-4-2-8(3-5-9)10-6-7-16-11(10)13/h2-7H,13H2,1H3. The summed E-state index contributed by atoms with van der Waals surface area (Å²) in [5, 5.41) is 0. The van der Waals surface area contributed by atoms with E-state index in [1.54, 1.807) is 30.3 Å². The molecule has 2 rings (SSSR count). The first-order chi connectivity index (χ1) is 7.72. The van der Waals surface area contributed by atoms with Crippen LogP contribution < -0.4 is 5.73 Å². The maximum atomic E-state index is 11.2. The van der Waals surface area contributed by atoms with Crippen molar-refractivity contribution in [3.05, 3.63) is 42.2 Å². The molecule has 0 amide bonds. The van der Waals surface area contributed by atoms with Crippen LogP contribution in [0.15, 0.2) is 41.0 Å². The predicted octanol–water partition coefficient (Wildman–Crippen LogP) is 2.32. The average molecular weight is 217 g/mol. The highest BCUT2D eigenvalue weighted by atomic mass is 16.5. The van der Waals surface area contributed by atoms with Gasteiger partial charge in [0.1, 0.15) is 0 Å². The van der Waals surface area contributed by atoms with Crippen LogP contribution in [0.2, 0.25) is 0 Å². The van der Waals surface area contributed by atoms with E-state index in [0.717, 1.165) is 11.1 Å². The second-order valence-corrected chi connectivity index (χ2v) is 3.27. The number of hydrogen-bond donors (Lipinski definition) is 1. The lowest BCUT2D eigenvalue weighted by Gasteiger charge is -2.01. The van der Waals surface area contributed by atoms with Crippen LogP contribution >= 0.6 is 0 Å². The van der Waals surface area contributed by atoms with E-state index in [0.29, 0.717) is 11.4 Å². The maximum absolute atomic E-state index is 11.2. The normalized spacial score (nSPS) is 10.1. The van der Waals surface area contributed by atoms with Gasteiger partial charge in [0, 0.05) is 5.56 Å². The molecule has 0 saturated carbocycles. The van der Waals surface area contributed by atoms with E-state index < -0.39 is 0 Å². The van der Waals surface area contributed by atoms with E-state index in [1.165, 1.54) is 13.4 Å². The first-order valence-corrected chi connectivity index (χ1v) is 4.74. The quantitative estimate of drug-likeness (QED) is 0.784. The van der Waals surface area contributed by atoms with Gasteiger partial charge >= 0.3 is 5.97 Å². The molecule has 0 atom stereocenters. The Morgan fingerprint density at radius 1 is 1.25 bits per heavy atom. The van der Waals surface area contributed by atoms with Crippen molar-refractivity contribution in [2.75, 3.05) is 12.8 Å². The fourth-order valence-electron chi connectivity index (χ4n) is 1.46. The molecule has 4 heteroatoms. The molecule has 0 aliphatic rings. The van der Waals surface area contributed by atoms with Gasteiger partial charge in [-0.1, -0.05) is 12.1 Å². The molecule has 0 fully saturated rings. The number of carbonyl (C=O) groups is 1. The van der Waals surface area contributed by atoms with Gasteiger partial charge in [-0.25, -0.2) is 4.79 Å². The van der Waals surface area contributed by atoms with Crippen molar-refractivity contribution in [3.8, 4) is 11.1 Å². The summed E-state index contributed by atoms with van der Waals surface area (Å²) in [7, 11) is 1.35. The van der Waals surface area contributed by atoms with Gasteiger partial charge in [-0.05, 0) is 23.8 Å². The van der Waals surface area contributed by atoms with Crippen molar-refractivity contribution in [2.45, 2.75) is 0 Å². The molecule has 2 aromatic rings. The van der Waals surface area contributed by atoms with Gasteiger partial charge in [0.25, 0.3) is 0 Å². The molecule has 0 radical (unpaired) electrons. The van der Waals surface area contributed by atoms with Crippen molar-refractivity contribution >= 4 is 11.9 Å². The number of nitrogens with two attached hydrogens (primary N) is 1. The summed E-state index contributed by atoms with van der Waals surface area (Å²) < 4.78 is 9.61. The number of hydrogen-bond acceptors (Lipinski definition) is 4. The second-order valence-electron chi connectivity index (χ2n) is 3.27. The molecule has 0 aliphatic carbocycles. The minimum atomic E-state index is -0.355. The molecule has 0 unspecified atom stereocenters. The average Bonchev–Trinajstić information content (AvgIpc) is 2.75. The maximum Gasteiger partial charge on any atom is 0.337 e. The Morgan fingerprint density at radius 2 is 1.94 bits per heavy atom. The van der Waals surface area contributed by atoms with E-state index in [2.05, 4.69) is 4.74 Å². The van der Waals surface area contributed by atoms with Gasteiger partial charge < -0.3 is 14.9 Å². The number of methoxy groups -OCH3 is 1. The lowest BCUT2D eigenvalue weighted by atomic mass is 10.1. The zero-order valence-corrected chi connectivity index (χ0v) is 8.77. The van der Waals surface area contributed by atoms with Crippen molar-refractivity contribution < 1.29 is 13.9 Å². The van der Waals surface area contributed by atoms with Gasteiger partial charge in [-0.15, -0.1) is 0 Å². The summed E-state index contributed by atoms with van der Waals surface area (Å²) in [6.07, 6.45) is 1.53. The summed E-state index contributed by atoms with van der Waals surface area (Å²) >= 11 is 0. The van der Waals surface area contributed by atoms with E-state index in [4.69, 9.17) is 10.2 Å². The Morgan fingerprint density at radius 3 is 2.44 bits per heavy atom. The Kier molecular flexibility index (Phi) is 2.64. The van der Waals surface area contributed by atoms with E-state index in [-0.39, 0.29) is 5.97 Å². The summed E-state index contributed by atoms with van der Waals surface area (Å²) in [6, 6.07) is 8.75. The number of nitrogen functional groups attached to an aromatic ring is 1. The number of esters is 1. The zero-order chi connectivity index (χ0) is 11.5. The van der Waals surface area contributed by atoms with Gasteiger partial charge in [-0.2, -0.15) is 0 Å². The van der Waals surface area contributed by atoms with Crippen LogP contribution in [0.1, 0.15) is 10.4 Å². The SMILES string of the molecule is COC(=O)c1ccc(-c2ccoc2N)cc1. The van der Waals surface area contributed by atoms with Crippen molar-refractivity contribution in [1.29, 1.82) is 0 Å². The van der Waals surface area contributed by atoms with Crippen molar-refractivity contribution in [1.82, 2.24) is 0 Å². The molecular weight excluding hydrogens is 206 g/mol. The van der Waals surface area contributed by atoms with Crippen LogP contribution in [0.4, 0.5) is 5.88 Å². The highest BCUT2D eigenvalue weighted by molar-refractivity contribution is 5.90. The minimum absolute atomic E-state index is 0.355. The fourth-order valence-corrected chi connectivity index (χ4v) is 1.46. The number of carbonyl (C=O) groups excluding carboxylic acids is 1. The highest BCUT2D eigenvalue weighted by Gasteiger charge is 2.08. The van der Waals surface area contributed by atoms with Crippen molar-refractivity contribution in [2.24, 2.45) is 0 Å². The summed E-state index contributed by atoms with van der Waals surface area (Å²) in [4.78, 5) is 11.2. The van der Waals surface area contributed by atoms with E-state index in [9.17, 15) is 4.79 Å². The third-order valence-electron chi connectivity index (χ3n) is 2.31. The molecule has 0 aliphatic heterocycles. The highest BCUT2D eigenvalue weighted by Crippen LogP contribution is 2.26. The number of furan rings is 1. The minimum Gasteiger partial charge on any atom is -0.465 e. The molecular formula is C12H11NO3. The van der Waals surface area contributed by atoms with Crippen LogP contribution in [-0.2, 0) is 4.74 Å². The lowest BCUT2D eigenvalue weighted by Crippen LogP contribution is -2.00. The summed E-state index contributed by atoms with van der Waals surface area (Å²) in [5.41, 5.74) is 7.86. The van der Waals surface area contributed by atoms with Crippen molar-refractivity contribution in [3.63, 3.8) is 0 Å². The van der Waals surface area contributed by atoms with Gasteiger partial charge in [-0.3, -0.25) is 0 Å². The third-order valence-corrected chi connectivity index (χ3v) is 2.31. The number of ether oxygens (including phenoxy) is 1. The topological polar surface area (TPSA) is 65.5 Å². The molecule has 4 nitrogen and oxygen atoms in total. The molecule has 1 aromatic heterocycles. The molecule has 16 heavy (non-hydrogen) atoms. The van der Waals surface area contributed by atoms with Gasteiger partial charge in [0.05, 0.1) is 18.9 Å². The summed E-state index contributed by atoms with van der Waals surface area (Å²) in [6.45, 7) is 0. The molecule has 2 N–H and O–H groups in total. The molecule has 0 bridgehead atoms. The lowest BCUT2D eigenvalue weighted by molar-refractivity contribution is 0.0601. The number of benzene rings is 1. The number of anilines is 1. The zero-order valence-electron chi connectivity index (χ0n) is 8.77. The fraction of sp³-hybridized carbons (Fsp3) is 0.0833. The van der Waals surface area contributed by atoms with Crippen LogP contribution in [-0.4, -0.2) is 13.1 Å². The van der Waals surface area contributed by atoms with Crippen LogP contribution in [0, 0.1) is 0 Å². The van der Waals surface area contributed by atoms with Crippen LogP contribution in [0.3, 0.4) is 0 Å². The Labute approximate surface area is 92.6 Å². The Hall–Kier alpha value is -2.23. The first-order valence-electron chi connectivity index (χ1n) is 4.74. The number of rotatable bonds is 2. The molecule has 0 spiro atoms. The Balaban J connectivity index is 2.33. The third kappa shape index (κ3) is 1.77. The first kappa shape index (κ1) is 10.3. The predicted molar refractivity (Wildman–Crippen MR) is 59.9 cm³/mol. The largest absolute Gasteiger partial charge is 0.465 e.